The molecule has 0 heterocycles. The predicted octanol–water partition coefficient (Wildman–Crippen LogP) is 2.65. The lowest BCUT2D eigenvalue weighted by atomic mass is 10.1. The highest BCUT2D eigenvalue weighted by atomic mass is 19.3. The molecule has 84 valence electrons. The van der Waals surface area contributed by atoms with Crippen LogP contribution in [0.3, 0.4) is 0 Å². The number of benzene rings is 1. The fourth-order valence-electron chi connectivity index (χ4n) is 1.05. The number of nitrogens with two attached hydrogens (primary N) is 1. The Labute approximate surface area is 85.8 Å². The summed E-state index contributed by atoms with van der Waals surface area (Å²) < 4.78 is 40.6. The molecule has 2 nitrogen and oxygen atoms in total. The molecule has 0 aliphatic carbocycles. The van der Waals surface area contributed by atoms with Gasteiger partial charge in [0, 0.05) is 6.04 Å². The topological polar surface area (TPSA) is 35.2 Å². The summed E-state index contributed by atoms with van der Waals surface area (Å²) in [6, 6.07) is 5.89. The van der Waals surface area contributed by atoms with Crippen LogP contribution >= 0.6 is 0 Å². The quantitative estimate of drug-likeness (QED) is 0.844. The van der Waals surface area contributed by atoms with Gasteiger partial charge in [0.15, 0.2) is 0 Å². The van der Waals surface area contributed by atoms with Crippen LogP contribution in [0.4, 0.5) is 13.2 Å². The lowest BCUT2D eigenvalue weighted by molar-refractivity contribution is -0.0669. The van der Waals surface area contributed by atoms with Gasteiger partial charge in [0.1, 0.15) is 5.75 Å². The van der Waals surface area contributed by atoms with E-state index in [0.29, 0.717) is 5.56 Å². The molecule has 0 aromatic heterocycles. The molecule has 1 unspecified atom stereocenters. The molecule has 15 heavy (non-hydrogen) atoms. The molecule has 0 radical (unpaired) electrons. The van der Waals surface area contributed by atoms with E-state index < -0.39 is 12.8 Å². The van der Waals surface area contributed by atoms with Gasteiger partial charge < -0.3 is 10.5 Å². The molecule has 0 aliphatic rings. The van der Waals surface area contributed by atoms with Crippen molar-refractivity contribution in [3.05, 3.63) is 29.8 Å². The largest absolute Gasteiger partial charge is 0.454 e. The minimum absolute atomic E-state index is 0.0533. The number of rotatable bonds is 4. The molecule has 5 heteroatoms. The highest BCUT2D eigenvalue weighted by Gasteiger charge is 2.20. The summed E-state index contributed by atoms with van der Waals surface area (Å²) in [5, 5.41) is 0. The maximum atomic E-state index is 12.5. The van der Waals surface area contributed by atoms with Gasteiger partial charge in [0.25, 0.3) is 6.36 Å². The standard InChI is InChI=1S/C10H12F3NO/c1-6(14)7-3-2-4-8(5-7)15-10(13)9(11)12/h2-6,9-10H,14H2,1H3/t6-,10?/m0/s1. The molecular weight excluding hydrogens is 207 g/mol. The molecule has 0 fully saturated rings. The van der Waals surface area contributed by atoms with Gasteiger partial charge in [-0.25, -0.2) is 8.78 Å². The van der Waals surface area contributed by atoms with E-state index in [2.05, 4.69) is 4.74 Å². The van der Waals surface area contributed by atoms with Crippen molar-refractivity contribution in [1.29, 1.82) is 0 Å². The van der Waals surface area contributed by atoms with Gasteiger partial charge in [-0.3, -0.25) is 0 Å². The second-order valence-corrected chi connectivity index (χ2v) is 3.16. The Kier molecular flexibility index (Phi) is 3.96. The third-order valence-electron chi connectivity index (χ3n) is 1.83. The highest BCUT2D eigenvalue weighted by Crippen LogP contribution is 2.20. The summed E-state index contributed by atoms with van der Waals surface area (Å²) in [6.07, 6.45) is -5.75. The number of hydrogen-bond donors (Lipinski definition) is 1. The van der Waals surface area contributed by atoms with Crippen molar-refractivity contribution >= 4 is 0 Å². The van der Waals surface area contributed by atoms with Gasteiger partial charge in [-0.2, -0.15) is 4.39 Å². The van der Waals surface area contributed by atoms with Crippen molar-refractivity contribution in [2.75, 3.05) is 0 Å². The van der Waals surface area contributed by atoms with Gasteiger partial charge >= 0.3 is 6.43 Å². The Bertz CT molecular complexity index is 317. The Morgan fingerprint density at radius 1 is 1.27 bits per heavy atom. The fourth-order valence-corrected chi connectivity index (χ4v) is 1.05. The first kappa shape index (κ1) is 11.8. The Morgan fingerprint density at radius 3 is 2.47 bits per heavy atom. The number of alkyl halides is 3. The van der Waals surface area contributed by atoms with E-state index in [1.165, 1.54) is 12.1 Å². The Balaban J connectivity index is 2.73. The lowest BCUT2D eigenvalue weighted by Gasteiger charge is -2.12. The Morgan fingerprint density at radius 2 is 1.93 bits per heavy atom. The normalized spacial score (nSPS) is 15.1. The first-order valence-corrected chi connectivity index (χ1v) is 4.45. The van der Waals surface area contributed by atoms with Crippen LogP contribution in [0.1, 0.15) is 18.5 Å². The first-order chi connectivity index (χ1) is 7.00. The SMILES string of the molecule is C[C@H](N)c1cccc(OC(F)C(F)F)c1. The van der Waals surface area contributed by atoms with Crippen molar-refractivity contribution in [3.8, 4) is 5.75 Å². The summed E-state index contributed by atoms with van der Waals surface area (Å²) in [5.41, 5.74) is 6.28. The fraction of sp³-hybridized carbons (Fsp3) is 0.400. The Hall–Kier alpha value is -1.23. The average Bonchev–Trinajstić information content (AvgIpc) is 2.18. The van der Waals surface area contributed by atoms with Crippen LogP contribution in [0.2, 0.25) is 0 Å². The minimum Gasteiger partial charge on any atom is -0.454 e. The molecule has 2 atom stereocenters. The van der Waals surface area contributed by atoms with Crippen LogP contribution in [-0.4, -0.2) is 12.8 Å². The molecule has 1 aromatic rings. The van der Waals surface area contributed by atoms with Crippen molar-refractivity contribution in [2.24, 2.45) is 5.73 Å². The van der Waals surface area contributed by atoms with E-state index >= 15 is 0 Å². The first-order valence-electron chi connectivity index (χ1n) is 4.45. The average molecular weight is 219 g/mol. The zero-order valence-corrected chi connectivity index (χ0v) is 8.16. The van der Waals surface area contributed by atoms with Gasteiger partial charge in [-0.1, -0.05) is 12.1 Å². The minimum atomic E-state index is -3.15. The van der Waals surface area contributed by atoms with E-state index in [1.807, 2.05) is 0 Å². The summed E-state index contributed by atoms with van der Waals surface area (Å²) in [4.78, 5) is 0. The number of hydrogen-bond acceptors (Lipinski definition) is 2. The molecule has 0 aliphatic heterocycles. The van der Waals surface area contributed by atoms with Crippen molar-refractivity contribution < 1.29 is 17.9 Å². The van der Waals surface area contributed by atoms with E-state index in [1.54, 1.807) is 19.1 Å². The van der Waals surface area contributed by atoms with Gasteiger partial charge in [0.05, 0.1) is 0 Å². The summed E-state index contributed by atoms with van der Waals surface area (Å²) in [5.74, 6) is 0.0533. The molecule has 0 amide bonds. The zero-order valence-electron chi connectivity index (χ0n) is 8.16. The van der Waals surface area contributed by atoms with Gasteiger partial charge in [0.2, 0.25) is 0 Å². The second-order valence-electron chi connectivity index (χ2n) is 3.16. The summed E-state index contributed by atoms with van der Waals surface area (Å²) in [6.45, 7) is 1.74. The van der Waals surface area contributed by atoms with Crippen LogP contribution in [0.5, 0.6) is 5.75 Å². The smallest absolute Gasteiger partial charge is 0.304 e. The van der Waals surface area contributed by atoms with Crippen LogP contribution < -0.4 is 10.5 Å². The predicted molar refractivity (Wildman–Crippen MR) is 50.6 cm³/mol. The van der Waals surface area contributed by atoms with Crippen molar-refractivity contribution in [1.82, 2.24) is 0 Å². The molecule has 0 saturated heterocycles. The molecule has 0 bridgehead atoms. The third kappa shape index (κ3) is 3.43. The van der Waals surface area contributed by atoms with E-state index in [0.717, 1.165) is 0 Å². The summed E-state index contributed by atoms with van der Waals surface area (Å²) in [7, 11) is 0. The molecule has 0 spiro atoms. The van der Waals surface area contributed by atoms with Crippen LogP contribution in [0, 0.1) is 0 Å². The van der Waals surface area contributed by atoms with Gasteiger partial charge in [-0.15, -0.1) is 0 Å². The maximum Gasteiger partial charge on any atom is 0.304 e. The van der Waals surface area contributed by atoms with E-state index in [9.17, 15) is 13.2 Å². The van der Waals surface area contributed by atoms with E-state index in [-0.39, 0.29) is 11.8 Å². The second kappa shape index (κ2) is 5.02. The number of ether oxygens (including phenoxy) is 1. The highest BCUT2D eigenvalue weighted by molar-refractivity contribution is 5.30. The zero-order chi connectivity index (χ0) is 11.4. The van der Waals surface area contributed by atoms with Gasteiger partial charge in [-0.05, 0) is 24.6 Å². The molecule has 0 saturated carbocycles. The number of halogens is 3. The third-order valence-corrected chi connectivity index (χ3v) is 1.83. The molecule has 2 N–H and O–H groups in total. The molecule has 1 rings (SSSR count). The molecule has 1 aromatic carbocycles. The monoisotopic (exact) mass is 219 g/mol. The van der Waals surface area contributed by atoms with Crippen LogP contribution in [-0.2, 0) is 0 Å². The van der Waals surface area contributed by atoms with Crippen LogP contribution in [0.15, 0.2) is 24.3 Å². The van der Waals surface area contributed by atoms with E-state index in [4.69, 9.17) is 5.73 Å². The maximum absolute atomic E-state index is 12.5. The summed E-state index contributed by atoms with van der Waals surface area (Å²) >= 11 is 0. The lowest BCUT2D eigenvalue weighted by Crippen LogP contribution is -2.19. The van der Waals surface area contributed by atoms with Crippen molar-refractivity contribution in [2.45, 2.75) is 25.7 Å². The van der Waals surface area contributed by atoms with Crippen LogP contribution in [0.25, 0.3) is 0 Å². The van der Waals surface area contributed by atoms with Crippen molar-refractivity contribution in [3.63, 3.8) is 0 Å². The molecular formula is C10H12F3NO.